The molecule has 3 aliphatic rings. The zero-order valence-corrected chi connectivity index (χ0v) is 19.9. The lowest BCUT2D eigenvalue weighted by atomic mass is 9.94. The summed E-state index contributed by atoms with van der Waals surface area (Å²) in [6.45, 7) is 10.5. The maximum Gasteiger partial charge on any atom is 0.102 e. The molecule has 32 heavy (non-hydrogen) atoms. The second-order valence-electron chi connectivity index (χ2n) is 8.68. The van der Waals surface area contributed by atoms with E-state index in [1.807, 2.05) is 7.05 Å². The van der Waals surface area contributed by atoms with Crippen LogP contribution in [-0.4, -0.2) is 69.2 Å². The topological polar surface area (TPSA) is 33.8 Å². The molecule has 0 saturated carbocycles. The lowest BCUT2D eigenvalue weighted by Gasteiger charge is -2.40. The minimum Gasteiger partial charge on any atom is -0.388 e. The summed E-state index contributed by atoms with van der Waals surface area (Å²) < 4.78 is 0. The van der Waals surface area contributed by atoms with Gasteiger partial charge in [-0.25, -0.2) is 0 Å². The maximum atomic E-state index is 3.70. The standard InChI is InChI=1S/C27H37N5/c1-5-9-21(6-2)20-31-14-16-32(17-15-31)27-13-12-22(19-29-27)26-18-24(28-3)23-10-7-8-11-25(23)30(26)4/h5-13,18,26,28-29H,14-17,19-20H2,1-4H3/b9-5-,21-6+. The van der Waals surface area contributed by atoms with Gasteiger partial charge in [-0.15, -0.1) is 0 Å². The van der Waals surface area contributed by atoms with Crippen LogP contribution in [0.2, 0.25) is 0 Å². The molecule has 0 bridgehead atoms. The average Bonchev–Trinajstić information content (AvgIpc) is 2.85. The molecule has 1 aromatic rings. The van der Waals surface area contributed by atoms with E-state index in [-0.39, 0.29) is 6.04 Å². The van der Waals surface area contributed by atoms with Crippen molar-refractivity contribution in [1.29, 1.82) is 0 Å². The van der Waals surface area contributed by atoms with E-state index in [1.54, 1.807) is 0 Å². The first kappa shape index (κ1) is 22.3. The molecule has 1 atom stereocenters. The van der Waals surface area contributed by atoms with Gasteiger partial charge in [-0.3, -0.25) is 4.90 Å². The number of nitrogens with zero attached hydrogens (tertiary/aromatic N) is 3. The number of hydrogen-bond donors (Lipinski definition) is 2. The van der Waals surface area contributed by atoms with E-state index in [9.17, 15) is 0 Å². The highest BCUT2D eigenvalue weighted by Gasteiger charge is 2.27. The van der Waals surface area contributed by atoms with Gasteiger partial charge in [-0.05, 0) is 43.2 Å². The van der Waals surface area contributed by atoms with Gasteiger partial charge in [0.15, 0.2) is 0 Å². The minimum absolute atomic E-state index is 0.250. The quantitative estimate of drug-likeness (QED) is 0.673. The fourth-order valence-corrected chi connectivity index (χ4v) is 4.87. The molecule has 5 nitrogen and oxygen atoms in total. The number of likely N-dealkylation sites (N-methyl/N-ethyl adjacent to an activating group) is 1. The summed E-state index contributed by atoms with van der Waals surface area (Å²) in [6.07, 6.45) is 13.5. The first-order valence-corrected chi connectivity index (χ1v) is 11.8. The highest BCUT2D eigenvalue weighted by atomic mass is 15.3. The molecule has 3 aliphatic heterocycles. The second kappa shape index (κ2) is 10.1. The van der Waals surface area contributed by atoms with Gasteiger partial charge in [-0.2, -0.15) is 0 Å². The summed E-state index contributed by atoms with van der Waals surface area (Å²) in [6, 6.07) is 8.87. The molecule has 3 heterocycles. The Labute approximate surface area is 193 Å². The predicted molar refractivity (Wildman–Crippen MR) is 136 cm³/mol. The summed E-state index contributed by atoms with van der Waals surface area (Å²) >= 11 is 0. The van der Waals surface area contributed by atoms with Crippen LogP contribution in [0.3, 0.4) is 0 Å². The number of rotatable bonds is 6. The fraction of sp³-hybridized carbons (Fsp3) is 0.407. The van der Waals surface area contributed by atoms with Crippen molar-refractivity contribution in [1.82, 2.24) is 20.4 Å². The molecule has 1 saturated heterocycles. The van der Waals surface area contributed by atoms with Gasteiger partial charge < -0.3 is 20.4 Å². The molecule has 0 amide bonds. The summed E-state index contributed by atoms with van der Waals surface area (Å²) in [5.41, 5.74) is 6.53. The average molecular weight is 432 g/mol. The van der Waals surface area contributed by atoms with E-state index < -0.39 is 0 Å². The van der Waals surface area contributed by atoms with Gasteiger partial charge in [0.25, 0.3) is 0 Å². The van der Waals surface area contributed by atoms with E-state index >= 15 is 0 Å². The summed E-state index contributed by atoms with van der Waals surface area (Å²) in [4.78, 5) is 7.42. The first-order chi connectivity index (χ1) is 15.6. The zero-order chi connectivity index (χ0) is 22.5. The number of nitrogens with one attached hydrogen (secondary N) is 2. The van der Waals surface area contributed by atoms with Gasteiger partial charge in [0, 0.05) is 70.3 Å². The van der Waals surface area contributed by atoms with Crippen molar-refractivity contribution in [3.63, 3.8) is 0 Å². The number of fused-ring (bicyclic) bond motifs is 1. The van der Waals surface area contributed by atoms with Crippen LogP contribution in [-0.2, 0) is 0 Å². The zero-order valence-electron chi connectivity index (χ0n) is 19.9. The van der Waals surface area contributed by atoms with Crippen molar-refractivity contribution < 1.29 is 0 Å². The summed E-state index contributed by atoms with van der Waals surface area (Å²) in [7, 11) is 4.20. The molecule has 0 spiro atoms. The normalized spacial score (nSPS) is 22.2. The number of benzene rings is 1. The minimum atomic E-state index is 0.250. The van der Waals surface area contributed by atoms with Crippen LogP contribution in [0.15, 0.2) is 77.7 Å². The molecule has 0 aromatic heterocycles. The van der Waals surface area contributed by atoms with Crippen molar-refractivity contribution >= 4 is 11.4 Å². The number of hydrogen-bond acceptors (Lipinski definition) is 5. The first-order valence-electron chi connectivity index (χ1n) is 11.8. The number of anilines is 1. The lowest BCUT2D eigenvalue weighted by Crippen LogP contribution is -2.49. The van der Waals surface area contributed by atoms with Crippen LogP contribution in [0, 0.1) is 0 Å². The highest BCUT2D eigenvalue weighted by Crippen LogP contribution is 2.34. The number of para-hydroxylation sites is 1. The molecular formula is C27H37N5. The Kier molecular flexibility index (Phi) is 7.05. The third-order valence-electron chi connectivity index (χ3n) is 6.76. The van der Waals surface area contributed by atoms with Crippen molar-refractivity contribution in [2.75, 3.05) is 58.3 Å². The van der Waals surface area contributed by atoms with Crippen molar-refractivity contribution in [2.45, 2.75) is 19.9 Å². The van der Waals surface area contributed by atoms with Crippen molar-refractivity contribution in [2.24, 2.45) is 0 Å². The van der Waals surface area contributed by atoms with Crippen LogP contribution in [0.25, 0.3) is 5.70 Å². The molecule has 1 fully saturated rings. The summed E-state index contributed by atoms with van der Waals surface area (Å²) in [5, 5.41) is 7.09. The van der Waals surface area contributed by atoms with Crippen molar-refractivity contribution in [3.8, 4) is 0 Å². The second-order valence-corrected chi connectivity index (χ2v) is 8.68. The molecule has 170 valence electrons. The van der Waals surface area contributed by atoms with Gasteiger partial charge >= 0.3 is 0 Å². The highest BCUT2D eigenvalue weighted by molar-refractivity contribution is 5.80. The van der Waals surface area contributed by atoms with Crippen LogP contribution in [0.5, 0.6) is 0 Å². The molecule has 1 aromatic carbocycles. The van der Waals surface area contributed by atoms with E-state index in [0.717, 1.165) is 39.3 Å². The number of dihydropyridines is 1. The molecular weight excluding hydrogens is 394 g/mol. The third-order valence-corrected chi connectivity index (χ3v) is 6.76. The molecule has 4 rings (SSSR count). The maximum absolute atomic E-state index is 3.70. The Bertz CT molecular complexity index is 960. The third kappa shape index (κ3) is 4.63. The Balaban J connectivity index is 1.41. The Morgan fingerprint density at radius 1 is 1.12 bits per heavy atom. The van der Waals surface area contributed by atoms with Crippen LogP contribution >= 0.6 is 0 Å². The largest absolute Gasteiger partial charge is 0.388 e. The van der Waals surface area contributed by atoms with Gasteiger partial charge in [-0.1, -0.05) is 42.5 Å². The monoisotopic (exact) mass is 431 g/mol. The van der Waals surface area contributed by atoms with Crippen molar-refractivity contribution in [3.05, 3.63) is 83.3 Å². The van der Waals surface area contributed by atoms with Crippen LogP contribution < -0.4 is 15.5 Å². The van der Waals surface area contributed by atoms with E-state index in [4.69, 9.17) is 0 Å². The Morgan fingerprint density at radius 2 is 1.91 bits per heavy atom. The van der Waals surface area contributed by atoms with Crippen LogP contribution in [0.4, 0.5) is 5.69 Å². The van der Waals surface area contributed by atoms with Gasteiger partial charge in [0.1, 0.15) is 5.82 Å². The molecule has 0 radical (unpaired) electrons. The molecule has 2 N–H and O–H groups in total. The SMILES string of the molecule is C/C=C\C(=C/C)CN1CCN(C2=CC=C(C3C=C(NC)c4ccccc4N3C)CN2)CC1. The smallest absolute Gasteiger partial charge is 0.102 e. The van der Waals surface area contributed by atoms with E-state index in [1.165, 1.54) is 33.9 Å². The molecule has 5 heteroatoms. The summed E-state index contributed by atoms with van der Waals surface area (Å²) in [5.74, 6) is 1.25. The van der Waals surface area contributed by atoms with Crippen LogP contribution in [0.1, 0.15) is 19.4 Å². The molecule has 1 unspecified atom stereocenters. The molecule has 0 aliphatic carbocycles. The van der Waals surface area contributed by atoms with Gasteiger partial charge in [0.2, 0.25) is 0 Å². The van der Waals surface area contributed by atoms with E-state index in [0.29, 0.717) is 0 Å². The lowest BCUT2D eigenvalue weighted by molar-refractivity contribution is 0.162. The number of piperazine rings is 1. The Hall–Kier alpha value is -2.92. The van der Waals surface area contributed by atoms with E-state index in [2.05, 4.69) is 107 Å². The predicted octanol–water partition coefficient (Wildman–Crippen LogP) is 3.58. The number of allylic oxidation sites excluding steroid dienone is 4. The van der Waals surface area contributed by atoms with Gasteiger partial charge in [0.05, 0.1) is 6.04 Å². The fourth-order valence-electron chi connectivity index (χ4n) is 4.87. The Morgan fingerprint density at radius 3 is 2.56 bits per heavy atom.